The zero-order chi connectivity index (χ0) is 15.3. The standard InChI is InChI=1S/C12H18N2O4S2/c1-9-6-10(8-11(7-9)20(13,17)18)12(15)14-4-3-5-19(2)16/h6-8H,3-5H2,1-2H3,(H,14,15)(H2,13,17,18). The van der Waals surface area contributed by atoms with Gasteiger partial charge in [-0.3, -0.25) is 9.00 Å². The first-order valence-corrected chi connectivity index (χ1v) is 9.20. The van der Waals surface area contributed by atoms with Gasteiger partial charge in [-0.25, -0.2) is 13.6 Å². The van der Waals surface area contributed by atoms with Crippen LogP contribution in [-0.4, -0.2) is 37.1 Å². The Balaban J connectivity index is 2.78. The predicted octanol–water partition coefficient (Wildman–Crippen LogP) is 0.141. The van der Waals surface area contributed by atoms with E-state index in [-0.39, 0.29) is 16.4 Å². The minimum Gasteiger partial charge on any atom is -0.352 e. The summed E-state index contributed by atoms with van der Waals surface area (Å²) in [6, 6.07) is 4.24. The number of benzene rings is 1. The molecule has 0 saturated heterocycles. The number of sulfonamides is 1. The van der Waals surface area contributed by atoms with Crippen LogP contribution in [-0.2, 0) is 20.8 Å². The van der Waals surface area contributed by atoms with Gasteiger partial charge in [0.2, 0.25) is 10.0 Å². The largest absolute Gasteiger partial charge is 0.352 e. The Bertz CT molecular complexity index is 626. The predicted molar refractivity (Wildman–Crippen MR) is 78.4 cm³/mol. The smallest absolute Gasteiger partial charge is 0.251 e. The lowest BCUT2D eigenvalue weighted by atomic mass is 10.1. The van der Waals surface area contributed by atoms with Crippen LogP contribution in [0.2, 0.25) is 0 Å². The van der Waals surface area contributed by atoms with E-state index < -0.39 is 20.8 Å². The molecule has 0 aliphatic carbocycles. The van der Waals surface area contributed by atoms with Gasteiger partial charge in [-0.15, -0.1) is 0 Å². The van der Waals surface area contributed by atoms with E-state index in [1.165, 1.54) is 12.1 Å². The number of hydrogen-bond acceptors (Lipinski definition) is 4. The summed E-state index contributed by atoms with van der Waals surface area (Å²) in [6.45, 7) is 2.07. The van der Waals surface area contributed by atoms with Crippen molar-refractivity contribution in [1.82, 2.24) is 5.32 Å². The highest BCUT2D eigenvalue weighted by molar-refractivity contribution is 7.89. The molecule has 1 atom stereocenters. The molecule has 0 aromatic heterocycles. The van der Waals surface area contributed by atoms with E-state index >= 15 is 0 Å². The highest BCUT2D eigenvalue weighted by atomic mass is 32.2. The molecule has 0 saturated carbocycles. The van der Waals surface area contributed by atoms with Crippen molar-refractivity contribution in [3.8, 4) is 0 Å². The molecule has 1 amide bonds. The van der Waals surface area contributed by atoms with Gasteiger partial charge >= 0.3 is 0 Å². The molecule has 0 spiro atoms. The topological polar surface area (TPSA) is 106 Å². The SMILES string of the molecule is Cc1cc(C(=O)NCCCS(C)=O)cc(S(N)(=O)=O)c1. The summed E-state index contributed by atoms with van der Waals surface area (Å²) in [5.74, 6) is 0.136. The Morgan fingerprint density at radius 2 is 2.00 bits per heavy atom. The molecule has 0 aliphatic rings. The molecule has 1 rings (SSSR count). The summed E-state index contributed by atoms with van der Waals surface area (Å²) in [4.78, 5) is 11.8. The number of primary sulfonamides is 1. The van der Waals surface area contributed by atoms with Crippen molar-refractivity contribution < 1.29 is 17.4 Å². The molecule has 0 heterocycles. The molecule has 8 heteroatoms. The van der Waals surface area contributed by atoms with Crippen molar-refractivity contribution in [2.45, 2.75) is 18.2 Å². The normalized spacial score (nSPS) is 12.9. The van der Waals surface area contributed by atoms with Crippen LogP contribution in [0.3, 0.4) is 0 Å². The second kappa shape index (κ2) is 6.96. The highest BCUT2D eigenvalue weighted by Gasteiger charge is 2.13. The third-order valence-corrected chi connectivity index (χ3v) is 4.29. The zero-order valence-electron chi connectivity index (χ0n) is 11.4. The van der Waals surface area contributed by atoms with Crippen molar-refractivity contribution in [3.05, 3.63) is 29.3 Å². The molecule has 0 aliphatic heterocycles. The Hall–Kier alpha value is -1.25. The van der Waals surface area contributed by atoms with Gasteiger partial charge < -0.3 is 5.32 Å². The van der Waals surface area contributed by atoms with Crippen molar-refractivity contribution >= 4 is 26.7 Å². The van der Waals surface area contributed by atoms with E-state index in [1.54, 1.807) is 19.2 Å². The Kier molecular flexibility index (Phi) is 5.85. The van der Waals surface area contributed by atoms with Crippen LogP contribution in [0.5, 0.6) is 0 Å². The van der Waals surface area contributed by atoms with Crippen molar-refractivity contribution in [2.75, 3.05) is 18.6 Å². The number of nitrogens with two attached hydrogens (primary N) is 1. The van der Waals surface area contributed by atoms with Gasteiger partial charge in [0.25, 0.3) is 5.91 Å². The van der Waals surface area contributed by atoms with Gasteiger partial charge in [0, 0.05) is 34.9 Å². The molecule has 6 nitrogen and oxygen atoms in total. The van der Waals surface area contributed by atoms with Crippen molar-refractivity contribution in [1.29, 1.82) is 0 Å². The summed E-state index contributed by atoms with van der Waals surface area (Å²) in [6.07, 6.45) is 2.20. The van der Waals surface area contributed by atoms with Crippen LogP contribution >= 0.6 is 0 Å². The monoisotopic (exact) mass is 318 g/mol. The van der Waals surface area contributed by atoms with Crippen LogP contribution in [0.15, 0.2) is 23.1 Å². The van der Waals surface area contributed by atoms with Gasteiger partial charge in [0.05, 0.1) is 4.90 Å². The first-order valence-electron chi connectivity index (χ1n) is 5.93. The molecule has 1 unspecified atom stereocenters. The maximum atomic E-state index is 11.9. The average Bonchev–Trinajstić information content (AvgIpc) is 2.32. The first-order chi connectivity index (χ1) is 9.20. The van der Waals surface area contributed by atoms with Crippen molar-refractivity contribution in [2.24, 2.45) is 5.14 Å². The summed E-state index contributed by atoms with van der Waals surface area (Å²) in [5, 5.41) is 7.71. The van der Waals surface area contributed by atoms with E-state index in [9.17, 15) is 17.4 Å². The Morgan fingerprint density at radius 1 is 1.35 bits per heavy atom. The average molecular weight is 318 g/mol. The fraction of sp³-hybridized carbons (Fsp3) is 0.417. The van der Waals surface area contributed by atoms with Crippen LogP contribution in [0.1, 0.15) is 22.3 Å². The first kappa shape index (κ1) is 16.8. The van der Waals surface area contributed by atoms with Gasteiger partial charge in [-0.1, -0.05) is 0 Å². The fourth-order valence-corrected chi connectivity index (χ4v) is 2.81. The number of hydrogen-bond donors (Lipinski definition) is 2. The third kappa shape index (κ3) is 5.40. The zero-order valence-corrected chi connectivity index (χ0v) is 13.0. The fourth-order valence-electron chi connectivity index (χ4n) is 1.62. The number of carbonyl (C=O) groups is 1. The van der Waals surface area contributed by atoms with Crippen LogP contribution in [0.4, 0.5) is 0 Å². The molecule has 1 aromatic carbocycles. The second-order valence-electron chi connectivity index (χ2n) is 4.47. The molecule has 3 N–H and O–H groups in total. The van der Waals surface area contributed by atoms with E-state index in [0.717, 1.165) is 0 Å². The molecule has 0 fully saturated rings. The van der Waals surface area contributed by atoms with Gasteiger partial charge in [0.1, 0.15) is 0 Å². The van der Waals surface area contributed by atoms with Crippen LogP contribution in [0.25, 0.3) is 0 Å². The van der Waals surface area contributed by atoms with Gasteiger partial charge in [-0.2, -0.15) is 0 Å². The number of aryl methyl sites for hydroxylation is 1. The molecule has 112 valence electrons. The summed E-state index contributed by atoms with van der Waals surface area (Å²) in [5.41, 5.74) is 0.878. The van der Waals surface area contributed by atoms with E-state index in [1.807, 2.05) is 0 Å². The quantitative estimate of drug-likeness (QED) is 0.728. The summed E-state index contributed by atoms with van der Waals surface area (Å²) >= 11 is 0. The van der Waals surface area contributed by atoms with Crippen molar-refractivity contribution in [3.63, 3.8) is 0 Å². The number of rotatable bonds is 6. The maximum absolute atomic E-state index is 11.9. The molecular formula is C12H18N2O4S2. The lowest BCUT2D eigenvalue weighted by Crippen LogP contribution is -2.26. The maximum Gasteiger partial charge on any atom is 0.251 e. The lowest BCUT2D eigenvalue weighted by molar-refractivity contribution is 0.0953. The van der Waals surface area contributed by atoms with Crippen LogP contribution < -0.4 is 10.5 Å². The van der Waals surface area contributed by atoms with E-state index in [0.29, 0.717) is 24.3 Å². The third-order valence-electron chi connectivity index (χ3n) is 2.54. The minimum atomic E-state index is -3.84. The molecule has 1 aromatic rings. The Labute approximate surface area is 121 Å². The number of nitrogens with one attached hydrogen (secondary N) is 1. The van der Waals surface area contributed by atoms with Gasteiger partial charge in [0.15, 0.2) is 0 Å². The lowest BCUT2D eigenvalue weighted by Gasteiger charge is -2.07. The molecule has 0 radical (unpaired) electrons. The molecular weight excluding hydrogens is 300 g/mol. The molecule has 0 bridgehead atoms. The van der Waals surface area contributed by atoms with E-state index in [4.69, 9.17) is 5.14 Å². The summed E-state index contributed by atoms with van der Waals surface area (Å²) < 4.78 is 33.5. The highest BCUT2D eigenvalue weighted by Crippen LogP contribution is 2.13. The van der Waals surface area contributed by atoms with Gasteiger partial charge in [-0.05, 0) is 37.1 Å². The summed E-state index contributed by atoms with van der Waals surface area (Å²) in [7, 11) is -4.73. The van der Waals surface area contributed by atoms with Crippen LogP contribution in [0, 0.1) is 6.92 Å². The minimum absolute atomic E-state index is 0.0858. The number of amides is 1. The Morgan fingerprint density at radius 3 is 2.55 bits per heavy atom. The molecule has 20 heavy (non-hydrogen) atoms. The van der Waals surface area contributed by atoms with E-state index in [2.05, 4.69) is 5.32 Å². The second-order valence-corrected chi connectivity index (χ2v) is 7.58. The number of carbonyl (C=O) groups excluding carboxylic acids is 1.